The van der Waals surface area contributed by atoms with Gasteiger partial charge < -0.3 is 10.5 Å². The molecule has 0 saturated heterocycles. The minimum absolute atomic E-state index is 0.356. The van der Waals surface area contributed by atoms with E-state index in [9.17, 15) is 4.79 Å². The molecule has 0 aromatic rings. The molecular formula is C13H27NO. The molecule has 0 aromatic heterocycles. The van der Waals surface area contributed by atoms with Gasteiger partial charge >= 0.3 is 0 Å². The third-order valence-corrected chi connectivity index (χ3v) is 2.95. The van der Waals surface area contributed by atoms with Crippen LogP contribution in [0.25, 0.3) is 0 Å². The first-order valence-electron chi connectivity index (χ1n) is 6.04. The van der Waals surface area contributed by atoms with Crippen LogP contribution in [0.5, 0.6) is 0 Å². The Morgan fingerprint density at radius 3 is 2.33 bits per heavy atom. The van der Waals surface area contributed by atoms with E-state index in [1.54, 1.807) is 0 Å². The predicted molar refractivity (Wildman–Crippen MR) is 65.7 cm³/mol. The quantitative estimate of drug-likeness (QED) is 0.522. The zero-order valence-corrected chi connectivity index (χ0v) is 10.8. The van der Waals surface area contributed by atoms with Gasteiger partial charge in [0.25, 0.3) is 0 Å². The summed E-state index contributed by atoms with van der Waals surface area (Å²) in [7, 11) is 0. The Morgan fingerprint density at radius 2 is 1.93 bits per heavy atom. The van der Waals surface area contributed by atoms with Crippen LogP contribution in [0.4, 0.5) is 0 Å². The summed E-state index contributed by atoms with van der Waals surface area (Å²) in [6.07, 6.45) is 5.05. The molecule has 2 heteroatoms. The Hall–Kier alpha value is -0.370. The van der Waals surface area contributed by atoms with Crippen molar-refractivity contribution in [3.8, 4) is 0 Å². The number of rotatable bonds is 7. The van der Waals surface area contributed by atoms with Crippen LogP contribution < -0.4 is 5.73 Å². The Morgan fingerprint density at radius 1 is 1.33 bits per heavy atom. The van der Waals surface area contributed by atoms with Crippen molar-refractivity contribution in [1.29, 1.82) is 0 Å². The topological polar surface area (TPSA) is 43.1 Å². The molecule has 0 rings (SSSR count). The SMILES string of the molecule is CC(CN)C(CCCC=O)CC(C)(C)C. The summed E-state index contributed by atoms with van der Waals surface area (Å²) in [5.74, 6) is 1.23. The second-order valence-corrected chi connectivity index (χ2v) is 5.84. The van der Waals surface area contributed by atoms with Gasteiger partial charge in [0.05, 0.1) is 0 Å². The van der Waals surface area contributed by atoms with Gasteiger partial charge in [-0.1, -0.05) is 27.7 Å². The van der Waals surface area contributed by atoms with Crippen LogP contribution in [-0.2, 0) is 4.79 Å². The number of hydrogen-bond donors (Lipinski definition) is 1. The van der Waals surface area contributed by atoms with Gasteiger partial charge in [-0.15, -0.1) is 0 Å². The van der Waals surface area contributed by atoms with Crippen LogP contribution >= 0.6 is 0 Å². The molecule has 0 heterocycles. The van der Waals surface area contributed by atoms with E-state index in [0.29, 0.717) is 23.7 Å². The van der Waals surface area contributed by atoms with Crippen molar-refractivity contribution < 1.29 is 4.79 Å². The van der Waals surface area contributed by atoms with E-state index in [0.717, 1.165) is 25.7 Å². The first kappa shape index (κ1) is 14.6. The molecule has 0 amide bonds. The van der Waals surface area contributed by atoms with Crippen LogP contribution in [-0.4, -0.2) is 12.8 Å². The van der Waals surface area contributed by atoms with Crippen molar-refractivity contribution >= 4 is 6.29 Å². The molecule has 0 aliphatic heterocycles. The maximum atomic E-state index is 10.3. The predicted octanol–water partition coefficient (Wildman–Crippen LogP) is 3.00. The molecule has 0 saturated carbocycles. The molecule has 0 bridgehead atoms. The summed E-state index contributed by atoms with van der Waals surface area (Å²) in [6, 6.07) is 0. The third-order valence-electron chi connectivity index (χ3n) is 2.95. The van der Waals surface area contributed by atoms with Crippen molar-refractivity contribution in [3.05, 3.63) is 0 Å². The Labute approximate surface area is 94.6 Å². The standard InChI is InChI=1S/C13H27NO/c1-11(10-14)12(7-5-6-8-15)9-13(2,3)4/h8,11-12H,5-7,9-10,14H2,1-4H3. The maximum absolute atomic E-state index is 10.3. The number of nitrogens with two attached hydrogens (primary N) is 1. The number of aldehydes is 1. The third kappa shape index (κ3) is 7.55. The highest BCUT2D eigenvalue weighted by molar-refractivity contribution is 5.48. The van der Waals surface area contributed by atoms with E-state index in [-0.39, 0.29) is 0 Å². The lowest BCUT2D eigenvalue weighted by molar-refractivity contribution is -0.108. The van der Waals surface area contributed by atoms with Crippen LogP contribution in [0.1, 0.15) is 53.4 Å². The Bertz CT molecular complexity index is 172. The van der Waals surface area contributed by atoms with Crippen LogP contribution in [0.15, 0.2) is 0 Å². The molecule has 0 aliphatic carbocycles. The second-order valence-electron chi connectivity index (χ2n) is 5.84. The van der Waals surface area contributed by atoms with Gasteiger partial charge in [0.2, 0.25) is 0 Å². The van der Waals surface area contributed by atoms with E-state index >= 15 is 0 Å². The fourth-order valence-electron chi connectivity index (χ4n) is 2.03. The van der Waals surface area contributed by atoms with Crippen molar-refractivity contribution in [2.75, 3.05) is 6.54 Å². The van der Waals surface area contributed by atoms with Crippen molar-refractivity contribution in [2.24, 2.45) is 23.0 Å². The molecule has 2 unspecified atom stereocenters. The number of carbonyl (C=O) groups excluding carboxylic acids is 1. The molecule has 0 fully saturated rings. The lowest BCUT2D eigenvalue weighted by Crippen LogP contribution is -2.25. The highest BCUT2D eigenvalue weighted by Gasteiger charge is 2.22. The van der Waals surface area contributed by atoms with Gasteiger partial charge in [0, 0.05) is 6.42 Å². The fraction of sp³-hybridized carbons (Fsp3) is 0.923. The average molecular weight is 213 g/mol. The molecule has 2 nitrogen and oxygen atoms in total. The first-order chi connectivity index (χ1) is 6.90. The monoisotopic (exact) mass is 213 g/mol. The minimum Gasteiger partial charge on any atom is -0.330 e. The van der Waals surface area contributed by atoms with E-state index in [4.69, 9.17) is 5.73 Å². The summed E-state index contributed by atoms with van der Waals surface area (Å²) in [6.45, 7) is 9.77. The van der Waals surface area contributed by atoms with Crippen LogP contribution in [0.3, 0.4) is 0 Å². The van der Waals surface area contributed by atoms with Crippen LogP contribution in [0.2, 0.25) is 0 Å². The number of carbonyl (C=O) groups is 1. The highest BCUT2D eigenvalue weighted by Crippen LogP contribution is 2.31. The molecule has 2 N–H and O–H groups in total. The zero-order valence-electron chi connectivity index (χ0n) is 10.8. The maximum Gasteiger partial charge on any atom is 0.119 e. The van der Waals surface area contributed by atoms with Gasteiger partial charge in [0.15, 0.2) is 0 Å². The van der Waals surface area contributed by atoms with Gasteiger partial charge in [-0.25, -0.2) is 0 Å². The normalized spacial score (nSPS) is 16.1. The molecule has 0 aromatic carbocycles. The Kier molecular flexibility index (Phi) is 6.82. The summed E-state index contributed by atoms with van der Waals surface area (Å²) < 4.78 is 0. The van der Waals surface area contributed by atoms with Gasteiger partial charge in [-0.2, -0.15) is 0 Å². The van der Waals surface area contributed by atoms with Gasteiger partial charge in [-0.3, -0.25) is 0 Å². The largest absolute Gasteiger partial charge is 0.330 e. The molecule has 15 heavy (non-hydrogen) atoms. The molecule has 0 aliphatic rings. The molecule has 90 valence electrons. The smallest absolute Gasteiger partial charge is 0.119 e. The van der Waals surface area contributed by atoms with Crippen molar-refractivity contribution in [2.45, 2.75) is 53.4 Å². The second kappa shape index (κ2) is 7.00. The first-order valence-corrected chi connectivity index (χ1v) is 6.04. The number of unbranched alkanes of at least 4 members (excludes halogenated alkanes) is 1. The fourth-order valence-corrected chi connectivity index (χ4v) is 2.03. The molecule has 0 radical (unpaired) electrons. The van der Waals surface area contributed by atoms with Gasteiger partial charge in [0.1, 0.15) is 6.29 Å². The minimum atomic E-state index is 0.356. The van der Waals surface area contributed by atoms with E-state index in [2.05, 4.69) is 27.7 Å². The van der Waals surface area contributed by atoms with Crippen molar-refractivity contribution in [3.63, 3.8) is 0 Å². The van der Waals surface area contributed by atoms with E-state index < -0.39 is 0 Å². The summed E-state index contributed by atoms with van der Waals surface area (Å²) in [5.41, 5.74) is 6.08. The van der Waals surface area contributed by atoms with E-state index in [1.807, 2.05) is 0 Å². The van der Waals surface area contributed by atoms with Gasteiger partial charge in [-0.05, 0) is 43.1 Å². The summed E-state index contributed by atoms with van der Waals surface area (Å²) in [4.78, 5) is 10.3. The Balaban J connectivity index is 4.12. The molecular weight excluding hydrogens is 186 g/mol. The average Bonchev–Trinajstić information content (AvgIpc) is 2.13. The molecule has 2 atom stereocenters. The molecule has 0 spiro atoms. The van der Waals surface area contributed by atoms with Crippen LogP contribution in [0, 0.1) is 17.3 Å². The highest BCUT2D eigenvalue weighted by atomic mass is 16.1. The summed E-state index contributed by atoms with van der Waals surface area (Å²) >= 11 is 0. The zero-order chi connectivity index (χ0) is 11.9. The van der Waals surface area contributed by atoms with Crippen molar-refractivity contribution in [1.82, 2.24) is 0 Å². The number of hydrogen-bond acceptors (Lipinski definition) is 2. The lowest BCUT2D eigenvalue weighted by atomic mass is 9.77. The van der Waals surface area contributed by atoms with E-state index in [1.165, 1.54) is 6.42 Å². The lowest BCUT2D eigenvalue weighted by Gasteiger charge is -2.29. The summed E-state index contributed by atoms with van der Waals surface area (Å²) in [5, 5.41) is 0.